The summed E-state index contributed by atoms with van der Waals surface area (Å²) in [6.45, 7) is 4.07. The molecule has 0 N–H and O–H groups in total. The second kappa shape index (κ2) is 3.05. The number of halogens is 2. The van der Waals surface area contributed by atoms with E-state index in [-0.39, 0.29) is 12.1 Å². The number of hydrogen-bond acceptors (Lipinski definition) is 2. The standard InChI is InChI=1S/C7H10Br2O2/c1-4(2)5-7(9,3-8)6(10)11-5/h4-5H,3H2,1-2H3. The van der Waals surface area contributed by atoms with Gasteiger partial charge in [-0.3, -0.25) is 4.79 Å². The van der Waals surface area contributed by atoms with Crippen LogP contribution in [0.4, 0.5) is 0 Å². The summed E-state index contributed by atoms with van der Waals surface area (Å²) in [6, 6.07) is 0. The average molecular weight is 286 g/mol. The summed E-state index contributed by atoms with van der Waals surface area (Å²) < 4.78 is 4.52. The van der Waals surface area contributed by atoms with E-state index in [1.807, 2.05) is 13.8 Å². The van der Waals surface area contributed by atoms with Crippen molar-refractivity contribution in [2.75, 3.05) is 5.33 Å². The van der Waals surface area contributed by atoms with Crippen LogP contribution >= 0.6 is 31.9 Å². The molecule has 0 bridgehead atoms. The molecule has 1 aliphatic rings. The van der Waals surface area contributed by atoms with Crippen LogP contribution in [-0.2, 0) is 9.53 Å². The topological polar surface area (TPSA) is 26.3 Å². The highest BCUT2D eigenvalue weighted by atomic mass is 79.9. The first-order chi connectivity index (χ1) is 5.02. The number of carbonyl (C=O) groups is 1. The van der Waals surface area contributed by atoms with Crippen molar-refractivity contribution < 1.29 is 9.53 Å². The fourth-order valence-electron chi connectivity index (χ4n) is 1.16. The summed E-state index contributed by atoms with van der Waals surface area (Å²) in [5, 5.41) is 0.613. The van der Waals surface area contributed by atoms with Crippen molar-refractivity contribution in [1.29, 1.82) is 0 Å². The first-order valence-corrected chi connectivity index (χ1v) is 5.39. The molecule has 1 fully saturated rings. The maximum atomic E-state index is 11.0. The summed E-state index contributed by atoms with van der Waals surface area (Å²) in [7, 11) is 0. The summed E-state index contributed by atoms with van der Waals surface area (Å²) >= 11 is 6.66. The van der Waals surface area contributed by atoms with Gasteiger partial charge in [0.2, 0.25) is 0 Å². The van der Waals surface area contributed by atoms with E-state index in [0.29, 0.717) is 11.2 Å². The number of hydrogen-bond donors (Lipinski definition) is 0. The molecule has 1 rings (SSSR count). The number of cyclic esters (lactones) is 1. The molecule has 0 aromatic carbocycles. The molecular weight excluding hydrogens is 276 g/mol. The molecule has 0 saturated carbocycles. The van der Waals surface area contributed by atoms with Crippen molar-refractivity contribution >= 4 is 37.8 Å². The average Bonchev–Trinajstić information content (AvgIpc) is 1.97. The van der Waals surface area contributed by atoms with E-state index in [4.69, 9.17) is 4.74 Å². The van der Waals surface area contributed by atoms with Gasteiger partial charge in [0.25, 0.3) is 0 Å². The lowest BCUT2D eigenvalue weighted by atomic mass is 9.90. The predicted octanol–water partition coefficient (Wildman–Crippen LogP) is 2.10. The Labute approximate surface area is 82.9 Å². The molecule has 0 radical (unpaired) electrons. The molecular formula is C7H10Br2O2. The largest absolute Gasteiger partial charge is 0.459 e. The van der Waals surface area contributed by atoms with Gasteiger partial charge in [-0.15, -0.1) is 0 Å². The van der Waals surface area contributed by atoms with Crippen molar-refractivity contribution in [2.45, 2.75) is 24.3 Å². The minimum absolute atomic E-state index is 0.00868. The number of ether oxygens (including phenoxy) is 1. The van der Waals surface area contributed by atoms with Crippen molar-refractivity contribution in [2.24, 2.45) is 5.92 Å². The van der Waals surface area contributed by atoms with E-state index in [2.05, 4.69) is 31.9 Å². The Hall–Kier alpha value is 0.430. The van der Waals surface area contributed by atoms with E-state index >= 15 is 0 Å². The Morgan fingerprint density at radius 2 is 2.27 bits per heavy atom. The van der Waals surface area contributed by atoms with E-state index in [1.165, 1.54) is 0 Å². The molecule has 0 amide bonds. The van der Waals surface area contributed by atoms with Gasteiger partial charge >= 0.3 is 5.97 Å². The molecule has 0 aromatic heterocycles. The Balaban J connectivity index is 2.68. The molecule has 1 aliphatic heterocycles. The second-order valence-electron chi connectivity index (χ2n) is 3.07. The Kier molecular flexibility index (Phi) is 2.64. The summed E-state index contributed by atoms with van der Waals surface area (Å²) in [5.74, 6) is 0.206. The van der Waals surface area contributed by atoms with Crippen LogP contribution in [-0.4, -0.2) is 21.7 Å². The lowest BCUT2D eigenvalue weighted by molar-refractivity contribution is -0.180. The van der Waals surface area contributed by atoms with Gasteiger partial charge in [-0.25, -0.2) is 0 Å². The van der Waals surface area contributed by atoms with Crippen LogP contribution in [0.15, 0.2) is 0 Å². The van der Waals surface area contributed by atoms with Crippen LogP contribution in [0.1, 0.15) is 13.8 Å². The number of rotatable bonds is 2. The van der Waals surface area contributed by atoms with Crippen molar-refractivity contribution in [3.8, 4) is 0 Å². The lowest BCUT2D eigenvalue weighted by Gasteiger charge is -2.43. The second-order valence-corrected chi connectivity index (χ2v) is 5.04. The molecule has 0 spiro atoms. The van der Waals surface area contributed by atoms with Gasteiger partial charge in [0.15, 0.2) is 4.32 Å². The zero-order valence-electron chi connectivity index (χ0n) is 6.43. The highest BCUT2D eigenvalue weighted by molar-refractivity contribution is 9.12. The monoisotopic (exact) mass is 284 g/mol. The van der Waals surface area contributed by atoms with Crippen LogP contribution in [0.3, 0.4) is 0 Å². The Bertz CT molecular complexity index is 181. The van der Waals surface area contributed by atoms with Gasteiger partial charge in [0.1, 0.15) is 6.10 Å². The summed E-state index contributed by atoms with van der Waals surface area (Å²) in [5.41, 5.74) is 0. The van der Waals surface area contributed by atoms with E-state index < -0.39 is 4.32 Å². The highest BCUT2D eigenvalue weighted by Crippen LogP contribution is 2.41. The number of esters is 1. The predicted molar refractivity (Wildman–Crippen MR) is 50.2 cm³/mol. The zero-order valence-corrected chi connectivity index (χ0v) is 9.61. The third-order valence-corrected chi connectivity index (χ3v) is 4.52. The molecule has 11 heavy (non-hydrogen) atoms. The van der Waals surface area contributed by atoms with Crippen LogP contribution in [0.2, 0.25) is 0 Å². The van der Waals surface area contributed by atoms with E-state index in [1.54, 1.807) is 0 Å². The SMILES string of the molecule is CC(C)C1OC(=O)C1(Br)CBr. The van der Waals surface area contributed by atoms with Gasteiger partial charge in [-0.2, -0.15) is 0 Å². The summed E-state index contributed by atoms with van der Waals surface area (Å²) in [6.07, 6.45) is 0.00868. The van der Waals surface area contributed by atoms with E-state index in [9.17, 15) is 4.79 Å². The van der Waals surface area contributed by atoms with Crippen LogP contribution in [0.5, 0.6) is 0 Å². The highest BCUT2D eigenvalue weighted by Gasteiger charge is 2.56. The lowest BCUT2D eigenvalue weighted by Crippen LogP contribution is -2.61. The molecule has 1 heterocycles. The molecule has 2 unspecified atom stereocenters. The van der Waals surface area contributed by atoms with Crippen LogP contribution in [0, 0.1) is 5.92 Å². The van der Waals surface area contributed by atoms with Crippen molar-refractivity contribution in [3.05, 3.63) is 0 Å². The Morgan fingerprint density at radius 1 is 1.73 bits per heavy atom. The fourth-order valence-corrected chi connectivity index (χ4v) is 2.42. The Morgan fingerprint density at radius 3 is 2.45 bits per heavy atom. The summed E-state index contributed by atoms with van der Waals surface area (Å²) in [4.78, 5) is 11.0. The van der Waals surface area contributed by atoms with E-state index in [0.717, 1.165) is 0 Å². The normalized spacial score (nSPS) is 36.8. The van der Waals surface area contributed by atoms with Gasteiger partial charge in [0.05, 0.1) is 0 Å². The maximum Gasteiger partial charge on any atom is 0.327 e. The molecule has 0 aliphatic carbocycles. The fraction of sp³-hybridized carbons (Fsp3) is 0.857. The minimum atomic E-state index is -0.471. The molecule has 2 atom stereocenters. The van der Waals surface area contributed by atoms with Crippen LogP contribution < -0.4 is 0 Å². The maximum absolute atomic E-state index is 11.0. The van der Waals surface area contributed by atoms with Crippen molar-refractivity contribution in [1.82, 2.24) is 0 Å². The van der Waals surface area contributed by atoms with Gasteiger partial charge < -0.3 is 4.74 Å². The zero-order chi connectivity index (χ0) is 8.65. The quantitative estimate of drug-likeness (QED) is 0.574. The molecule has 2 nitrogen and oxygen atoms in total. The smallest absolute Gasteiger partial charge is 0.327 e. The van der Waals surface area contributed by atoms with Gasteiger partial charge in [0, 0.05) is 5.33 Å². The van der Waals surface area contributed by atoms with Gasteiger partial charge in [-0.1, -0.05) is 45.7 Å². The molecule has 64 valence electrons. The van der Waals surface area contributed by atoms with Crippen molar-refractivity contribution in [3.63, 3.8) is 0 Å². The third kappa shape index (κ3) is 1.35. The molecule has 4 heteroatoms. The molecule has 0 aromatic rings. The first-order valence-electron chi connectivity index (χ1n) is 3.48. The van der Waals surface area contributed by atoms with Crippen LogP contribution in [0.25, 0.3) is 0 Å². The molecule has 1 saturated heterocycles. The minimum Gasteiger partial charge on any atom is -0.459 e. The number of carbonyl (C=O) groups excluding carboxylic acids is 1. The number of alkyl halides is 2. The first kappa shape index (κ1) is 9.52. The third-order valence-electron chi connectivity index (χ3n) is 1.82. The van der Waals surface area contributed by atoms with Gasteiger partial charge in [-0.05, 0) is 5.92 Å².